The fraction of sp³-hybridized carbons (Fsp3) is 0.898. The molecule has 378 valence electrons. The van der Waals surface area contributed by atoms with Crippen molar-refractivity contribution in [2.45, 2.75) is 322 Å². The maximum atomic E-state index is 12.8. The highest BCUT2D eigenvalue weighted by molar-refractivity contribution is 5.70. The summed E-state index contributed by atoms with van der Waals surface area (Å²) >= 11 is 0. The maximum absolute atomic E-state index is 12.8. The van der Waals surface area contributed by atoms with E-state index in [1.165, 1.54) is 231 Å². The van der Waals surface area contributed by atoms with Gasteiger partial charge in [-0.1, -0.05) is 257 Å². The fourth-order valence-electron chi connectivity index (χ4n) is 8.62. The van der Waals surface area contributed by atoms with Crippen molar-refractivity contribution in [1.29, 1.82) is 0 Å². The van der Waals surface area contributed by atoms with E-state index in [-0.39, 0.29) is 18.5 Å². The molecule has 0 fully saturated rings. The fourth-order valence-corrected chi connectivity index (χ4v) is 8.62. The van der Waals surface area contributed by atoms with Crippen molar-refractivity contribution in [3.05, 3.63) is 24.3 Å². The lowest BCUT2D eigenvalue weighted by molar-refractivity contribution is -0.163. The van der Waals surface area contributed by atoms with Crippen LogP contribution in [0, 0.1) is 0 Å². The molecule has 1 unspecified atom stereocenters. The minimum Gasteiger partial charge on any atom is -0.462 e. The summed E-state index contributed by atoms with van der Waals surface area (Å²) in [6.07, 6.45) is 66.2. The van der Waals surface area contributed by atoms with Crippen molar-refractivity contribution in [3.8, 4) is 0 Å². The molecule has 0 saturated heterocycles. The van der Waals surface area contributed by atoms with Crippen LogP contribution in [0.25, 0.3) is 0 Å². The van der Waals surface area contributed by atoms with Crippen LogP contribution in [-0.4, -0.2) is 37.9 Å². The van der Waals surface area contributed by atoms with Crippen molar-refractivity contribution in [1.82, 2.24) is 0 Å². The first-order valence-corrected chi connectivity index (χ1v) is 28.9. The number of ether oxygens (including phenoxy) is 3. The van der Waals surface area contributed by atoms with Gasteiger partial charge in [-0.05, 0) is 70.6 Å². The molecule has 0 amide bonds. The number of hydrogen-bond acceptors (Lipinski definition) is 5. The van der Waals surface area contributed by atoms with Gasteiger partial charge in [0.2, 0.25) is 0 Å². The van der Waals surface area contributed by atoms with Crippen molar-refractivity contribution >= 4 is 11.9 Å². The van der Waals surface area contributed by atoms with E-state index in [0.29, 0.717) is 26.1 Å². The Labute approximate surface area is 400 Å². The SMILES string of the molecule is CCCCCCCC/C=C\CCCCCCCCCCOCC(COC(=O)CCCCCCC/C=C\CCCCCCCC)OC(=O)CCCCCCCCCCCCCCCCC. The Bertz CT molecular complexity index is 974. The highest BCUT2D eigenvalue weighted by Crippen LogP contribution is 2.16. The van der Waals surface area contributed by atoms with Crippen LogP contribution in [-0.2, 0) is 23.8 Å². The highest BCUT2D eigenvalue weighted by Gasteiger charge is 2.17. The third-order valence-electron chi connectivity index (χ3n) is 13.0. The summed E-state index contributed by atoms with van der Waals surface area (Å²) in [5.74, 6) is -0.387. The lowest BCUT2D eigenvalue weighted by atomic mass is 10.0. The molecular formula is C59H112O5. The molecule has 0 aromatic rings. The van der Waals surface area contributed by atoms with Gasteiger partial charge in [-0.3, -0.25) is 9.59 Å². The van der Waals surface area contributed by atoms with E-state index >= 15 is 0 Å². The Balaban J connectivity index is 4.23. The topological polar surface area (TPSA) is 61.8 Å². The second-order valence-electron chi connectivity index (χ2n) is 19.5. The molecule has 0 aromatic carbocycles. The lowest BCUT2D eigenvalue weighted by Gasteiger charge is -2.18. The molecule has 0 rings (SSSR count). The third-order valence-corrected chi connectivity index (χ3v) is 13.0. The van der Waals surface area contributed by atoms with Gasteiger partial charge < -0.3 is 14.2 Å². The quantitative estimate of drug-likeness (QED) is 0.0346. The van der Waals surface area contributed by atoms with Gasteiger partial charge in [-0.2, -0.15) is 0 Å². The number of rotatable bonds is 54. The van der Waals surface area contributed by atoms with E-state index in [2.05, 4.69) is 45.1 Å². The van der Waals surface area contributed by atoms with Crippen LogP contribution in [0.3, 0.4) is 0 Å². The molecule has 0 aliphatic heterocycles. The predicted molar refractivity (Wildman–Crippen MR) is 279 cm³/mol. The normalized spacial score (nSPS) is 12.2. The minimum absolute atomic E-state index is 0.0867. The van der Waals surface area contributed by atoms with Crippen LogP contribution in [0.15, 0.2) is 24.3 Å². The zero-order valence-corrected chi connectivity index (χ0v) is 43.6. The summed E-state index contributed by atoms with van der Waals surface area (Å²) in [7, 11) is 0. The van der Waals surface area contributed by atoms with Gasteiger partial charge in [-0.15, -0.1) is 0 Å². The van der Waals surface area contributed by atoms with Crippen molar-refractivity contribution in [2.24, 2.45) is 0 Å². The van der Waals surface area contributed by atoms with E-state index in [1.807, 2.05) is 0 Å². The van der Waals surface area contributed by atoms with Gasteiger partial charge in [0.25, 0.3) is 0 Å². The van der Waals surface area contributed by atoms with Crippen LogP contribution in [0.1, 0.15) is 316 Å². The Hall–Kier alpha value is -1.62. The van der Waals surface area contributed by atoms with Gasteiger partial charge in [0.15, 0.2) is 6.10 Å². The molecule has 0 aromatic heterocycles. The number of carbonyl (C=O) groups excluding carboxylic acids is 2. The van der Waals surface area contributed by atoms with Gasteiger partial charge in [0.05, 0.1) is 6.61 Å². The van der Waals surface area contributed by atoms with Gasteiger partial charge in [0.1, 0.15) is 6.61 Å². The number of unbranched alkanes of at least 4 members (excludes halogenated alkanes) is 39. The molecule has 0 radical (unpaired) electrons. The predicted octanol–water partition coefficient (Wildman–Crippen LogP) is 19.6. The first-order valence-electron chi connectivity index (χ1n) is 28.9. The smallest absolute Gasteiger partial charge is 0.306 e. The molecule has 0 heterocycles. The van der Waals surface area contributed by atoms with Crippen molar-refractivity contribution < 1.29 is 23.8 Å². The van der Waals surface area contributed by atoms with E-state index in [4.69, 9.17) is 14.2 Å². The molecular weight excluding hydrogens is 789 g/mol. The van der Waals surface area contributed by atoms with Crippen LogP contribution in [0.2, 0.25) is 0 Å². The van der Waals surface area contributed by atoms with Gasteiger partial charge in [0, 0.05) is 19.4 Å². The summed E-state index contributed by atoms with van der Waals surface area (Å²) in [4.78, 5) is 25.5. The summed E-state index contributed by atoms with van der Waals surface area (Å²) < 4.78 is 17.5. The summed E-state index contributed by atoms with van der Waals surface area (Å²) in [5.41, 5.74) is 0. The molecule has 1 atom stereocenters. The highest BCUT2D eigenvalue weighted by atomic mass is 16.6. The maximum Gasteiger partial charge on any atom is 0.306 e. The molecule has 0 saturated carbocycles. The van der Waals surface area contributed by atoms with Crippen LogP contribution < -0.4 is 0 Å². The first-order chi connectivity index (χ1) is 31.6. The van der Waals surface area contributed by atoms with Crippen molar-refractivity contribution in [2.75, 3.05) is 19.8 Å². The van der Waals surface area contributed by atoms with E-state index in [9.17, 15) is 9.59 Å². The molecule has 5 heteroatoms. The molecule has 0 aliphatic carbocycles. The number of carbonyl (C=O) groups is 2. The standard InChI is InChI=1S/C59H112O5/c1-4-7-10-13-16-19-22-25-28-29-30-33-36-39-42-45-48-51-54-62-55-57(64-59(61)53-50-47-44-41-38-35-32-27-24-21-18-15-12-9-6-3)56-63-58(60)52-49-46-43-40-37-34-31-26-23-20-17-14-11-8-5-2/h25-26,28,31,57H,4-24,27,29-30,32-56H2,1-3H3/b28-25-,31-26-. The number of esters is 2. The lowest BCUT2D eigenvalue weighted by Crippen LogP contribution is -2.30. The van der Waals surface area contributed by atoms with Crippen LogP contribution >= 0.6 is 0 Å². The molecule has 5 nitrogen and oxygen atoms in total. The largest absolute Gasteiger partial charge is 0.462 e. The summed E-state index contributed by atoms with van der Waals surface area (Å²) in [6, 6.07) is 0. The van der Waals surface area contributed by atoms with Gasteiger partial charge >= 0.3 is 11.9 Å². The first kappa shape index (κ1) is 62.4. The monoisotopic (exact) mass is 901 g/mol. The van der Waals surface area contributed by atoms with Crippen molar-refractivity contribution in [3.63, 3.8) is 0 Å². The Kier molecular flexibility index (Phi) is 54.3. The number of hydrogen-bond donors (Lipinski definition) is 0. The van der Waals surface area contributed by atoms with E-state index in [1.54, 1.807) is 0 Å². The average molecular weight is 902 g/mol. The Morgan fingerprint density at radius 3 is 0.953 bits per heavy atom. The van der Waals surface area contributed by atoms with E-state index in [0.717, 1.165) is 51.4 Å². The zero-order chi connectivity index (χ0) is 46.3. The second-order valence-corrected chi connectivity index (χ2v) is 19.5. The Morgan fingerprint density at radius 1 is 0.328 bits per heavy atom. The number of allylic oxidation sites excluding steroid dienone is 4. The van der Waals surface area contributed by atoms with E-state index < -0.39 is 6.10 Å². The molecule has 64 heavy (non-hydrogen) atoms. The third kappa shape index (κ3) is 53.0. The Morgan fingerprint density at radius 2 is 0.609 bits per heavy atom. The molecule has 0 bridgehead atoms. The average Bonchev–Trinajstić information content (AvgIpc) is 3.30. The van der Waals surface area contributed by atoms with Gasteiger partial charge in [-0.25, -0.2) is 0 Å². The summed E-state index contributed by atoms with van der Waals surface area (Å²) in [5, 5.41) is 0. The molecule has 0 spiro atoms. The zero-order valence-electron chi connectivity index (χ0n) is 43.6. The summed E-state index contributed by atoms with van der Waals surface area (Å²) in [6.45, 7) is 7.87. The molecule has 0 N–H and O–H groups in total. The second kappa shape index (κ2) is 55.7. The minimum atomic E-state index is -0.535. The molecule has 0 aliphatic rings. The van der Waals surface area contributed by atoms with Crippen LogP contribution in [0.4, 0.5) is 0 Å². The van der Waals surface area contributed by atoms with Crippen LogP contribution in [0.5, 0.6) is 0 Å².